The Morgan fingerprint density at radius 2 is 1.68 bits per heavy atom. The first-order chi connectivity index (χ1) is 10.7. The lowest BCUT2D eigenvalue weighted by Gasteiger charge is -2.52. The van der Waals surface area contributed by atoms with Crippen LogP contribution in [0.2, 0.25) is 5.02 Å². The SMILES string of the molecule is O=C1C[C@H]2CC[C@@H]1[C@H](c1ccc(Cl)cc1)N2c1ccccc1. The number of rotatable bonds is 2. The number of halogens is 1. The predicted molar refractivity (Wildman–Crippen MR) is 89.3 cm³/mol. The number of Topliss-reactive ketones (excluding diaryl/α,β-unsaturated/α-hetero) is 1. The highest BCUT2D eigenvalue weighted by Gasteiger charge is 2.47. The van der Waals surface area contributed by atoms with E-state index in [0.29, 0.717) is 18.2 Å². The van der Waals surface area contributed by atoms with Crippen molar-refractivity contribution in [3.63, 3.8) is 0 Å². The summed E-state index contributed by atoms with van der Waals surface area (Å²) in [6.07, 6.45) is 2.79. The van der Waals surface area contributed by atoms with Gasteiger partial charge in [0.25, 0.3) is 0 Å². The Bertz CT molecular complexity index is 682. The van der Waals surface area contributed by atoms with E-state index in [1.165, 1.54) is 11.3 Å². The van der Waals surface area contributed by atoms with Gasteiger partial charge in [-0.05, 0) is 42.7 Å². The molecule has 112 valence electrons. The monoisotopic (exact) mass is 311 g/mol. The van der Waals surface area contributed by atoms with Crippen LogP contribution < -0.4 is 4.90 Å². The molecule has 2 saturated heterocycles. The van der Waals surface area contributed by atoms with E-state index in [1.807, 2.05) is 18.2 Å². The molecule has 22 heavy (non-hydrogen) atoms. The number of anilines is 1. The van der Waals surface area contributed by atoms with Gasteiger partial charge in [0, 0.05) is 29.1 Å². The third-order valence-electron chi connectivity index (χ3n) is 5.00. The third-order valence-corrected chi connectivity index (χ3v) is 5.25. The molecule has 0 unspecified atom stereocenters. The van der Waals surface area contributed by atoms with Crippen molar-refractivity contribution < 1.29 is 4.79 Å². The van der Waals surface area contributed by atoms with Gasteiger partial charge in [-0.3, -0.25) is 4.79 Å². The lowest BCUT2D eigenvalue weighted by atomic mass is 9.71. The van der Waals surface area contributed by atoms with Crippen LogP contribution in [0.4, 0.5) is 5.69 Å². The Labute approximate surface area is 135 Å². The van der Waals surface area contributed by atoms with Crippen molar-refractivity contribution in [2.45, 2.75) is 31.3 Å². The van der Waals surface area contributed by atoms with Crippen LogP contribution in [0.25, 0.3) is 0 Å². The van der Waals surface area contributed by atoms with Gasteiger partial charge in [0.2, 0.25) is 0 Å². The summed E-state index contributed by atoms with van der Waals surface area (Å²) in [6, 6.07) is 18.9. The van der Waals surface area contributed by atoms with Crippen LogP contribution in [-0.2, 0) is 4.79 Å². The molecule has 2 bridgehead atoms. The number of hydrogen-bond acceptors (Lipinski definition) is 2. The van der Waals surface area contributed by atoms with Gasteiger partial charge in [-0.25, -0.2) is 0 Å². The van der Waals surface area contributed by atoms with Gasteiger partial charge in [0.05, 0.1) is 6.04 Å². The lowest BCUT2D eigenvalue weighted by molar-refractivity contribution is -0.128. The second-order valence-corrected chi connectivity index (χ2v) is 6.68. The van der Waals surface area contributed by atoms with Gasteiger partial charge in [-0.2, -0.15) is 0 Å². The molecule has 2 aromatic carbocycles. The number of hydrogen-bond donors (Lipinski definition) is 0. The summed E-state index contributed by atoms with van der Waals surface area (Å²) in [5.41, 5.74) is 2.40. The largest absolute Gasteiger partial charge is 0.360 e. The highest BCUT2D eigenvalue weighted by Crippen LogP contribution is 2.47. The number of nitrogens with zero attached hydrogens (tertiary/aromatic N) is 1. The van der Waals surface area contributed by atoms with E-state index in [-0.39, 0.29) is 12.0 Å². The van der Waals surface area contributed by atoms with E-state index in [9.17, 15) is 4.79 Å². The van der Waals surface area contributed by atoms with Crippen molar-refractivity contribution in [2.24, 2.45) is 5.92 Å². The Kier molecular flexibility index (Phi) is 3.42. The molecule has 3 atom stereocenters. The first-order valence-electron chi connectivity index (χ1n) is 7.85. The van der Waals surface area contributed by atoms with Crippen LogP contribution >= 0.6 is 11.6 Å². The minimum atomic E-state index is 0.103. The van der Waals surface area contributed by atoms with Crippen molar-refractivity contribution >= 4 is 23.1 Å². The molecule has 3 aliphatic rings. The van der Waals surface area contributed by atoms with Crippen LogP contribution in [-0.4, -0.2) is 11.8 Å². The molecule has 0 N–H and O–H groups in total. The second kappa shape index (κ2) is 5.44. The zero-order chi connectivity index (χ0) is 15.1. The summed E-state index contributed by atoms with van der Waals surface area (Å²) in [7, 11) is 0. The van der Waals surface area contributed by atoms with Gasteiger partial charge in [0.15, 0.2) is 0 Å². The van der Waals surface area contributed by atoms with Crippen LogP contribution in [0.1, 0.15) is 30.9 Å². The van der Waals surface area contributed by atoms with E-state index in [4.69, 9.17) is 11.6 Å². The van der Waals surface area contributed by atoms with E-state index in [2.05, 4.69) is 41.3 Å². The average molecular weight is 312 g/mol. The topological polar surface area (TPSA) is 20.3 Å². The molecule has 0 aromatic heterocycles. The summed E-state index contributed by atoms with van der Waals surface area (Å²) >= 11 is 6.03. The van der Waals surface area contributed by atoms with Crippen molar-refractivity contribution in [3.8, 4) is 0 Å². The smallest absolute Gasteiger partial charge is 0.140 e. The number of fused-ring (bicyclic) bond motifs is 3. The molecule has 2 aliphatic heterocycles. The molecule has 1 saturated carbocycles. The first kappa shape index (κ1) is 13.8. The number of ketones is 1. The maximum absolute atomic E-state index is 12.4. The summed E-state index contributed by atoms with van der Waals surface area (Å²) < 4.78 is 0. The number of piperidine rings is 2. The van der Waals surface area contributed by atoms with Crippen LogP contribution in [0.15, 0.2) is 54.6 Å². The quantitative estimate of drug-likeness (QED) is 0.805. The van der Waals surface area contributed by atoms with Crippen LogP contribution in [0.5, 0.6) is 0 Å². The maximum atomic E-state index is 12.4. The Hall–Kier alpha value is -1.80. The molecule has 2 aromatic rings. The minimum Gasteiger partial charge on any atom is -0.360 e. The van der Waals surface area contributed by atoms with E-state index >= 15 is 0 Å². The number of carbonyl (C=O) groups excluding carboxylic acids is 1. The normalized spacial score (nSPS) is 27.2. The van der Waals surface area contributed by atoms with E-state index in [0.717, 1.165) is 17.9 Å². The fraction of sp³-hybridized carbons (Fsp3) is 0.316. The number of carbonyl (C=O) groups is 1. The zero-order valence-corrected chi connectivity index (χ0v) is 13.0. The fourth-order valence-corrected chi connectivity index (χ4v) is 4.16. The summed E-state index contributed by atoms with van der Waals surface area (Å²) in [6.45, 7) is 0. The molecule has 5 rings (SSSR count). The fourth-order valence-electron chi connectivity index (χ4n) is 4.04. The van der Waals surface area contributed by atoms with Crippen molar-refractivity contribution in [2.75, 3.05) is 4.90 Å². The summed E-state index contributed by atoms with van der Waals surface area (Å²) in [4.78, 5) is 14.9. The summed E-state index contributed by atoms with van der Waals surface area (Å²) in [5, 5.41) is 0.738. The van der Waals surface area contributed by atoms with Crippen LogP contribution in [0.3, 0.4) is 0 Å². The number of benzene rings is 2. The molecule has 0 radical (unpaired) electrons. The molecule has 2 nitrogen and oxygen atoms in total. The molecule has 3 heteroatoms. The molecule has 2 heterocycles. The van der Waals surface area contributed by atoms with Crippen molar-refractivity contribution in [1.82, 2.24) is 0 Å². The van der Waals surface area contributed by atoms with Crippen molar-refractivity contribution in [1.29, 1.82) is 0 Å². The van der Waals surface area contributed by atoms with Gasteiger partial charge in [-0.15, -0.1) is 0 Å². The van der Waals surface area contributed by atoms with Gasteiger partial charge in [0.1, 0.15) is 5.78 Å². The summed E-state index contributed by atoms with van der Waals surface area (Å²) in [5.74, 6) is 0.523. The minimum absolute atomic E-state index is 0.103. The van der Waals surface area contributed by atoms with Crippen molar-refractivity contribution in [3.05, 3.63) is 65.2 Å². The van der Waals surface area contributed by atoms with E-state index in [1.54, 1.807) is 0 Å². The second-order valence-electron chi connectivity index (χ2n) is 6.25. The molecular weight excluding hydrogens is 294 g/mol. The van der Waals surface area contributed by atoms with Gasteiger partial charge in [-0.1, -0.05) is 41.9 Å². The Morgan fingerprint density at radius 1 is 0.955 bits per heavy atom. The van der Waals surface area contributed by atoms with Gasteiger partial charge >= 0.3 is 0 Å². The maximum Gasteiger partial charge on any atom is 0.140 e. The Balaban J connectivity index is 1.80. The first-order valence-corrected chi connectivity index (χ1v) is 8.23. The zero-order valence-electron chi connectivity index (χ0n) is 12.3. The highest BCUT2D eigenvalue weighted by molar-refractivity contribution is 6.30. The highest BCUT2D eigenvalue weighted by atomic mass is 35.5. The third kappa shape index (κ3) is 2.22. The lowest BCUT2D eigenvalue weighted by Crippen LogP contribution is -2.54. The molecule has 1 aliphatic carbocycles. The van der Waals surface area contributed by atoms with Crippen LogP contribution in [0, 0.1) is 5.92 Å². The molecule has 0 amide bonds. The predicted octanol–water partition coefficient (Wildman–Crippen LogP) is 4.64. The van der Waals surface area contributed by atoms with Gasteiger partial charge < -0.3 is 4.90 Å². The average Bonchev–Trinajstić information content (AvgIpc) is 2.56. The molecule has 0 spiro atoms. The number of para-hydroxylation sites is 1. The Morgan fingerprint density at radius 3 is 2.36 bits per heavy atom. The molecule has 3 fully saturated rings. The van der Waals surface area contributed by atoms with E-state index < -0.39 is 0 Å². The standard InChI is InChI=1S/C19H18ClNO/c20-14-8-6-13(7-9-14)19-17-11-10-16(12-18(17)22)21(19)15-4-2-1-3-5-15/h1-9,16-17,19H,10-12H2/t16-,17+,19+/m1/s1. The molecular formula is C19H18ClNO.